The molecule has 0 aliphatic carbocycles. The number of terminal acetylenes is 1. The number of alkyl halides is 3. The number of aliphatic hydroxyl groups is 3. The fourth-order valence-corrected chi connectivity index (χ4v) is 3.80. The smallest absolute Gasteiger partial charge is 0.394 e. The van der Waals surface area contributed by atoms with E-state index < -0.39 is 47.8 Å². The lowest BCUT2D eigenvalue weighted by atomic mass is 9.87. The minimum absolute atomic E-state index is 0.186. The summed E-state index contributed by atoms with van der Waals surface area (Å²) >= 11 is 0. The molecule has 31 heavy (non-hydrogen) atoms. The van der Waals surface area contributed by atoms with Gasteiger partial charge in [0.15, 0.2) is 12.6 Å². The van der Waals surface area contributed by atoms with Crippen molar-refractivity contribution in [2.24, 2.45) is 0 Å². The number of rotatable bonds is 4. The van der Waals surface area contributed by atoms with Crippen molar-refractivity contribution in [1.29, 1.82) is 5.26 Å². The quantitative estimate of drug-likeness (QED) is 0.503. The fraction of sp³-hybridized carbons (Fsp3) is 0.286. The molecule has 3 rings (SSSR count). The molecule has 0 bridgehead atoms. The Morgan fingerprint density at radius 3 is 2.29 bits per heavy atom. The Balaban J connectivity index is 2.19. The normalized spacial score (nSPS) is 24.1. The average molecular weight is 435 g/mol. The molecule has 10 heteroatoms. The first-order valence-electron chi connectivity index (χ1n) is 8.94. The van der Waals surface area contributed by atoms with Gasteiger partial charge in [-0.15, -0.1) is 6.42 Å². The Hall–Kier alpha value is -3.15. The van der Waals surface area contributed by atoms with Gasteiger partial charge in [0.1, 0.15) is 11.4 Å². The van der Waals surface area contributed by atoms with Crippen molar-refractivity contribution in [3.05, 3.63) is 65.0 Å². The van der Waals surface area contributed by atoms with Crippen molar-refractivity contribution in [2.45, 2.75) is 24.3 Å². The minimum atomic E-state index is -4.86. The summed E-state index contributed by atoms with van der Waals surface area (Å²) in [7, 11) is 0. The second-order valence-corrected chi connectivity index (χ2v) is 6.89. The van der Waals surface area contributed by atoms with Crippen LogP contribution in [0.15, 0.2) is 42.5 Å². The van der Waals surface area contributed by atoms with Gasteiger partial charge < -0.3 is 20.2 Å². The SMILES string of the molecule is C#CCN1C(O)N(c2ccc(C#N)c(C(F)(F)F)c2)C(O)C1(CO)c1ccc(F)cc1. The van der Waals surface area contributed by atoms with Crippen LogP contribution in [0.1, 0.15) is 16.7 Å². The minimum Gasteiger partial charge on any atom is -0.394 e. The van der Waals surface area contributed by atoms with Crippen LogP contribution >= 0.6 is 0 Å². The molecule has 2 aromatic carbocycles. The molecule has 1 aliphatic heterocycles. The molecule has 0 radical (unpaired) electrons. The lowest BCUT2D eigenvalue weighted by molar-refractivity contribution is -0.137. The van der Waals surface area contributed by atoms with E-state index in [1.54, 1.807) is 0 Å². The highest BCUT2D eigenvalue weighted by molar-refractivity contribution is 5.57. The van der Waals surface area contributed by atoms with E-state index in [0.717, 1.165) is 34.1 Å². The van der Waals surface area contributed by atoms with Gasteiger partial charge >= 0.3 is 6.18 Å². The Bertz CT molecular complexity index is 1050. The summed E-state index contributed by atoms with van der Waals surface area (Å²) in [6.07, 6.45) is -3.01. The van der Waals surface area contributed by atoms with E-state index in [9.17, 15) is 32.9 Å². The molecule has 3 N–H and O–H groups in total. The molecule has 1 saturated heterocycles. The summed E-state index contributed by atoms with van der Waals surface area (Å²) < 4.78 is 53.7. The predicted octanol–water partition coefficient (Wildman–Crippen LogP) is 1.95. The Morgan fingerprint density at radius 1 is 1.13 bits per heavy atom. The molecular formula is C21H17F4N3O3. The standard InChI is InChI=1S/C21H17F4N3O3/c1-2-9-27-19(31)28(16-8-3-13(11-26)17(10-16)21(23,24)25)18(30)20(27,12-29)14-4-6-15(22)7-5-14/h1,3-8,10,18-19,29-31H,9,12H2. The number of benzene rings is 2. The van der Waals surface area contributed by atoms with Gasteiger partial charge in [-0.2, -0.15) is 18.4 Å². The van der Waals surface area contributed by atoms with Crippen molar-refractivity contribution >= 4 is 5.69 Å². The van der Waals surface area contributed by atoms with Crippen molar-refractivity contribution in [2.75, 3.05) is 18.1 Å². The predicted molar refractivity (Wildman–Crippen MR) is 101 cm³/mol. The highest BCUT2D eigenvalue weighted by Crippen LogP contribution is 2.45. The van der Waals surface area contributed by atoms with E-state index >= 15 is 0 Å². The van der Waals surface area contributed by atoms with Gasteiger partial charge in [0.2, 0.25) is 0 Å². The van der Waals surface area contributed by atoms with Crippen LogP contribution in [-0.2, 0) is 11.7 Å². The number of hydrogen-bond acceptors (Lipinski definition) is 6. The molecule has 0 spiro atoms. The highest BCUT2D eigenvalue weighted by Gasteiger charge is 2.58. The summed E-state index contributed by atoms with van der Waals surface area (Å²) in [5, 5.41) is 41.2. The van der Waals surface area contributed by atoms with Crippen LogP contribution in [0.25, 0.3) is 0 Å². The molecule has 1 heterocycles. The van der Waals surface area contributed by atoms with Gasteiger partial charge in [-0.3, -0.25) is 0 Å². The largest absolute Gasteiger partial charge is 0.417 e. The van der Waals surface area contributed by atoms with Gasteiger partial charge in [-0.25, -0.2) is 9.29 Å². The molecule has 3 atom stereocenters. The fourth-order valence-electron chi connectivity index (χ4n) is 3.80. The molecule has 6 nitrogen and oxygen atoms in total. The maximum atomic E-state index is 13.4. The van der Waals surface area contributed by atoms with E-state index in [0.29, 0.717) is 6.07 Å². The summed E-state index contributed by atoms with van der Waals surface area (Å²) in [5.41, 5.74) is -3.73. The molecule has 1 fully saturated rings. The molecular weight excluding hydrogens is 418 g/mol. The third-order valence-electron chi connectivity index (χ3n) is 5.30. The van der Waals surface area contributed by atoms with Crippen molar-refractivity contribution < 1.29 is 32.9 Å². The van der Waals surface area contributed by atoms with E-state index in [1.807, 2.05) is 0 Å². The number of aliphatic hydroxyl groups excluding tert-OH is 3. The van der Waals surface area contributed by atoms with Crippen molar-refractivity contribution in [3.63, 3.8) is 0 Å². The van der Waals surface area contributed by atoms with Crippen LogP contribution in [0.4, 0.5) is 23.2 Å². The zero-order valence-electron chi connectivity index (χ0n) is 15.9. The van der Waals surface area contributed by atoms with Gasteiger partial charge in [0, 0.05) is 5.69 Å². The summed E-state index contributed by atoms with van der Waals surface area (Å²) in [5.74, 6) is 1.69. The van der Waals surface area contributed by atoms with Crippen LogP contribution < -0.4 is 4.90 Å². The molecule has 1 aliphatic rings. The zero-order chi connectivity index (χ0) is 23.0. The zero-order valence-corrected chi connectivity index (χ0v) is 15.9. The topological polar surface area (TPSA) is 91.0 Å². The van der Waals surface area contributed by atoms with Crippen LogP contribution in [0.3, 0.4) is 0 Å². The van der Waals surface area contributed by atoms with Crippen LogP contribution in [-0.4, -0.2) is 46.0 Å². The average Bonchev–Trinajstić information content (AvgIpc) is 2.95. The van der Waals surface area contributed by atoms with Gasteiger partial charge in [0.05, 0.1) is 30.3 Å². The number of nitrogens with zero attached hydrogens (tertiary/aromatic N) is 3. The molecule has 0 aromatic heterocycles. The summed E-state index contributed by atoms with van der Waals surface area (Å²) in [4.78, 5) is 1.96. The third-order valence-corrected chi connectivity index (χ3v) is 5.30. The Labute approximate surface area is 175 Å². The van der Waals surface area contributed by atoms with Crippen molar-refractivity contribution in [1.82, 2.24) is 4.90 Å². The maximum absolute atomic E-state index is 13.4. The third kappa shape index (κ3) is 3.60. The molecule has 0 saturated carbocycles. The lowest BCUT2D eigenvalue weighted by Crippen LogP contribution is -2.52. The van der Waals surface area contributed by atoms with E-state index in [-0.39, 0.29) is 17.8 Å². The van der Waals surface area contributed by atoms with E-state index in [4.69, 9.17) is 11.7 Å². The summed E-state index contributed by atoms with van der Waals surface area (Å²) in [6, 6.07) is 8.82. The molecule has 0 amide bonds. The summed E-state index contributed by atoms with van der Waals surface area (Å²) in [6.45, 7) is -1.09. The Kier molecular flexibility index (Phi) is 5.94. The lowest BCUT2D eigenvalue weighted by Gasteiger charge is -2.37. The van der Waals surface area contributed by atoms with Crippen LogP contribution in [0.2, 0.25) is 0 Å². The molecule has 3 unspecified atom stereocenters. The van der Waals surface area contributed by atoms with Crippen LogP contribution in [0, 0.1) is 29.5 Å². The number of halogens is 4. The molecule has 162 valence electrons. The monoisotopic (exact) mass is 435 g/mol. The number of anilines is 1. The van der Waals surface area contributed by atoms with Crippen molar-refractivity contribution in [3.8, 4) is 18.4 Å². The maximum Gasteiger partial charge on any atom is 0.417 e. The van der Waals surface area contributed by atoms with E-state index in [2.05, 4.69) is 5.92 Å². The highest BCUT2D eigenvalue weighted by atomic mass is 19.4. The number of hydrogen-bond donors (Lipinski definition) is 3. The first-order valence-corrected chi connectivity index (χ1v) is 8.94. The van der Waals surface area contributed by atoms with Gasteiger partial charge in [-0.1, -0.05) is 18.1 Å². The van der Waals surface area contributed by atoms with Gasteiger partial charge in [-0.05, 0) is 35.9 Å². The number of nitriles is 1. The molecule has 2 aromatic rings. The van der Waals surface area contributed by atoms with E-state index in [1.165, 1.54) is 18.2 Å². The first kappa shape index (κ1) is 22.5. The first-order chi connectivity index (χ1) is 14.6. The Morgan fingerprint density at radius 2 is 1.77 bits per heavy atom. The second-order valence-electron chi connectivity index (χ2n) is 6.89. The van der Waals surface area contributed by atoms with Gasteiger partial charge in [0.25, 0.3) is 0 Å². The van der Waals surface area contributed by atoms with Crippen LogP contribution in [0.5, 0.6) is 0 Å². The second kappa shape index (κ2) is 8.17.